The molecule has 1 aliphatic heterocycles. The number of hydrogen-bond acceptors (Lipinski definition) is 7. The van der Waals surface area contributed by atoms with Gasteiger partial charge in [0.2, 0.25) is 5.88 Å². The van der Waals surface area contributed by atoms with E-state index in [2.05, 4.69) is 18.7 Å². The summed E-state index contributed by atoms with van der Waals surface area (Å²) in [6, 6.07) is 7.17. The molecule has 1 amide bonds. The van der Waals surface area contributed by atoms with Crippen molar-refractivity contribution in [1.29, 1.82) is 0 Å². The highest BCUT2D eigenvalue weighted by molar-refractivity contribution is 7.00. The van der Waals surface area contributed by atoms with Gasteiger partial charge in [-0.3, -0.25) is 4.79 Å². The Bertz CT molecular complexity index is 854. The second-order valence-electron chi connectivity index (χ2n) is 5.65. The normalized spacial score (nSPS) is 17.8. The zero-order valence-electron chi connectivity index (χ0n) is 12.8. The van der Waals surface area contributed by atoms with Crippen LogP contribution in [0.2, 0.25) is 0 Å². The lowest BCUT2D eigenvalue weighted by molar-refractivity contribution is 0.0527. The molecule has 1 fully saturated rings. The molecule has 1 atom stereocenters. The smallest absolute Gasteiger partial charge is 0.254 e. The number of likely N-dealkylation sites (tertiary alicyclic amines) is 1. The average molecular weight is 341 g/mol. The molecule has 1 unspecified atom stereocenters. The zero-order valence-corrected chi connectivity index (χ0v) is 13.6. The quantitative estimate of drug-likeness (QED) is 0.726. The second kappa shape index (κ2) is 6.48. The van der Waals surface area contributed by atoms with Crippen molar-refractivity contribution in [3.05, 3.63) is 42.4 Å². The molecule has 0 N–H and O–H groups in total. The summed E-state index contributed by atoms with van der Waals surface area (Å²) in [7, 11) is 0. The first-order chi connectivity index (χ1) is 11.8. The molecule has 0 spiro atoms. The van der Waals surface area contributed by atoms with Crippen LogP contribution in [-0.2, 0) is 0 Å². The second-order valence-corrected chi connectivity index (χ2v) is 6.18. The summed E-state index contributed by atoms with van der Waals surface area (Å²) in [4.78, 5) is 22.5. The molecule has 0 radical (unpaired) electrons. The summed E-state index contributed by atoms with van der Waals surface area (Å²) < 4.78 is 14.2. The molecule has 0 bridgehead atoms. The lowest BCUT2D eigenvalue weighted by Crippen LogP contribution is -2.44. The van der Waals surface area contributed by atoms with E-state index in [4.69, 9.17) is 4.74 Å². The predicted octanol–water partition coefficient (Wildman–Crippen LogP) is 2.16. The average Bonchev–Trinajstić information content (AvgIpc) is 3.10. The zero-order chi connectivity index (χ0) is 16.4. The standard InChI is InChI=1S/C16H15N5O2S/c22-16(11-3-4-13-14(8-11)20-24-19-13)21-7-1-2-12(9-21)23-15-5-6-17-10-18-15/h3-6,8,10,12H,1-2,7,9H2. The largest absolute Gasteiger partial charge is 0.472 e. The van der Waals surface area contributed by atoms with Gasteiger partial charge in [-0.15, -0.1) is 0 Å². The first kappa shape index (κ1) is 14.9. The summed E-state index contributed by atoms with van der Waals surface area (Å²) in [5, 5.41) is 0. The van der Waals surface area contributed by atoms with Gasteiger partial charge >= 0.3 is 0 Å². The number of ether oxygens (including phenoxy) is 1. The summed E-state index contributed by atoms with van der Waals surface area (Å²) in [6.45, 7) is 1.28. The Hall–Kier alpha value is -2.61. The number of hydrogen-bond donors (Lipinski definition) is 0. The molecular weight excluding hydrogens is 326 g/mol. The highest BCUT2D eigenvalue weighted by Gasteiger charge is 2.26. The Morgan fingerprint density at radius 3 is 3.04 bits per heavy atom. The molecular formula is C16H15N5O2S. The number of aromatic nitrogens is 4. The highest BCUT2D eigenvalue weighted by atomic mass is 32.1. The fourth-order valence-electron chi connectivity index (χ4n) is 2.84. The Balaban J connectivity index is 1.47. The van der Waals surface area contributed by atoms with Crippen molar-refractivity contribution in [1.82, 2.24) is 23.6 Å². The molecule has 3 heterocycles. The van der Waals surface area contributed by atoms with E-state index < -0.39 is 0 Å². The minimum atomic E-state index is -0.0535. The molecule has 0 aliphatic carbocycles. The topological polar surface area (TPSA) is 81.1 Å². The van der Waals surface area contributed by atoms with E-state index in [1.54, 1.807) is 24.4 Å². The van der Waals surface area contributed by atoms with Gasteiger partial charge in [-0.1, -0.05) is 0 Å². The first-order valence-corrected chi connectivity index (χ1v) is 8.47. The van der Waals surface area contributed by atoms with Crippen LogP contribution in [0.3, 0.4) is 0 Å². The van der Waals surface area contributed by atoms with Gasteiger partial charge in [0.15, 0.2) is 0 Å². The highest BCUT2D eigenvalue weighted by Crippen LogP contribution is 2.20. The van der Waals surface area contributed by atoms with Crippen molar-refractivity contribution in [3.63, 3.8) is 0 Å². The molecule has 4 rings (SSSR count). The molecule has 7 nitrogen and oxygen atoms in total. The number of fused-ring (bicyclic) bond motifs is 1. The lowest BCUT2D eigenvalue weighted by Gasteiger charge is -2.32. The minimum Gasteiger partial charge on any atom is -0.472 e. The summed E-state index contributed by atoms with van der Waals surface area (Å²) >= 11 is 1.15. The maximum Gasteiger partial charge on any atom is 0.254 e. The molecule has 8 heteroatoms. The van der Waals surface area contributed by atoms with Crippen molar-refractivity contribution in [2.45, 2.75) is 18.9 Å². The summed E-state index contributed by atoms with van der Waals surface area (Å²) in [6.07, 6.45) is 4.86. The predicted molar refractivity (Wildman–Crippen MR) is 89.0 cm³/mol. The number of nitrogens with zero attached hydrogens (tertiary/aromatic N) is 5. The molecule has 3 aromatic rings. The van der Waals surface area contributed by atoms with E-state index in [9.17, 15) is 4.79 Å². The van der Waals surface area contributed by atoms with Crippen LogP contribution >= 0.6 is 11.7 Å². The number of rotatable bonds is 3. The molecule has 24 heavy (non-hydrogen) atoms. The Labute approximate surface area is 142 Å². The van der Waals surface area contributed by atoms with E-state index in [1.807, 2.05) is 11.0 Å². The van der Waals surface area contributed by atoms with Crippen LogP contribution in [0, 0.1) is 0 Å². The Morgan fingerprint density at radius 1 is 1.25 bits per heavy atom. The number of carbonyl (C=O) groups is 1. The lowest BCUT2D eigenvalue weighted by atomic mass is 10.1. The van der Waals surface area contributed by atoms with Gasteiger partial charge in [0.1, 0.15) is 23.5 Å². The van der Waals surface area contributed by atoms with Gasteiger partial charge in [-0.05, 0) is 31.0 Å². The first-order valence-electron chi connectivity index (χ1n) is 7.74. The van der Waals surface area contributed by atoms with E-state index in [1.165, 1.54) is 6.33 Å². The Morgan fingerprint density at radius 2 is 2.17 bits per heavy atom. The van der Waals surface area contributed by atoms with E-state index in [0.717, 1.165) is 42.1 Å². The van der Waals surface area contributed by atoms with Crippen molar-refractivity contribution in [3.8, 4) is 5.88 Å². The fourth-order valence-corrected chi connectivity index (χ4v) is 3.35. The van der Waals surface area contributed by atoms with Gasteiger partial charge in [0.25, 0.3) is 5.91 Å². The van der Waals surface area contributed by atoms with Crippen LogP contribution in [0.5, 0.6) is 5.88 Å². The molecule has 0 saturated carbocycles. The monoisotopic (exact) mass is 341 g/mol. The van der Waals surface area contributed by atoms with Crippen molar-refractivity contribution >= 4 is 28.7 Å². The van der Waals surface area contributed by atoms with Crippen molar-refractivity contribution < 1.29 is 9.53 Å². The maximum absolute atomic E-state index is 12.8. The van der Waals surface area contributed by atoms with Crippen LogP contribution < -0.4 is 4.74 Å². The van der Waals surface area contributed by atoms with Gasteiger partial charge in [-0.25, -0.2) is 9.97 Å². The molecule has 1 saturated heterocycles. The van der Waals surface area contributed by atoms with Gasteiger partial charge in [0.05, 0.1) is 18.3 Å². The van der Waals surface area contributed by atoms with Crippen LogP contribution in [0.15, 0.2) is 36.8 Å². The minimum absolute atomic E-state index is 0.000822. The van der Waals surface area contributed by atoms with E-state index in [0.29, 0.717) is 18.0 Å². The third-order valence-corrected chi connectivity index (χ3v) is 4.57. The summed E-state index contributed by atoms with van der Waals surface area (Å²) in [5.41, 5.74) is 2.22. The third kappa shape index (κ3) is 3.05. The van der Waals surface area contributed by atoms with Gasteiger partial charge in [-0.2, -0.15) is 8.75 Å². The van der Waals surface area contributed by atoms with Gasteiger partial charge in [0, 0.05) is 24.4 Å². The number of benzene rings is 1. The molecule has 1 aromatic carbocycles. The van der Waals surface area contributed by atoms with Crippen LogP contribution in [-0.4, -0.2) is 48.7 Å². The number of amides is 1. The number of piperidine rings is 1. The summed E-state index contributed by atoms with van der Waals surface area (Å²) in [5.74, 6) is 0.542. The SMILES string of the molecule is O=C(c1ccc2nsnc2c1)N1CCCC(Oc2ccncn2)C1. The van der Waals surface area contributed by atoms with Gasteiger partial charge < -0.3 is 9.64 Å². The van der Waals surface area contributed by atoms with Crippen molar-refractivity contribution in [2.75, 3.05) is 13.1 Å². The molecule has 2 aromatic heterocycles. The van der Waals surface area contributed by atoms with E-state index >= 15 is 0 Å². The molecule has 122 valence electrons. The van der Waals surface area contributed by atoms with Crippen LogP contribution in [0.1, 0.15) is 23.2 Å². The van der Waals surface area contributed by atoms with E-state index in [-0.39, 0.29) is 12.0 Å². The molecule has 1 aliphatic rings. The van der Waals surface area contributed by atoms with Crippen molar-refractivity contribution in [2.24, 2.45) is 0 Å². The Kier molecular flexibility index (Phi) is 4.04. The van der Waals surface area contributed by atoms with Crippen LogP contribution in [0.4, 0.5) is 0 Å². The number of carbonyl (C=O) groups excluding carboxylic acids is 1. The third-order valence-electron chi connectivity index (χ3n) is 4.01. The fraction of sp³-hybridized carbons (Fsp3) is 0.312. The maximum atomic E-state index is 12.8. The van der Waals surface area contributed by atoms with Crippen LogP contribution in [0.25, 0.3) is 11.0 Å².